The van der Waals surface area contributed by atoms with E-state index in [0.29, 0.717) is 22.7 Å². The van der Waals surface area contributed by atoms with Gasteiger partial charge in [0.1, 0.15) is 11.5 Å². The average molecular weight is 315 g/mol. The van der Waals surface area contributed by atoms with Gasteiger partial charge in [0.2, 0.25) is 0 Å². The summed E-state index contributed by atoms with van der Waals surface area (Å²) in [4.78, 5) is 23.5. The van der Waals surface area contributed by atoms with Gasteiger partial charge in [0.05, 0.1) is 19.8 Å². The third-order valence-electron chi connectivity index (χ3n) is 3.35. The summed E-state index contributed by atoms with van der Waals surface area (Å²) in [5, 5.41) is 11.8. The van der Waals surface area contributed by atoms with Gasteiger partial charge < -0.3 is 19.9 Å². The predicted molar refractivity (Wildman–Crippen MR) is 85.6 cm³/mol. The van der Waals surface area contributed by atoms with Crippen molar-refractivity contribution in [2.24, 2.45) is 0 Å². The number of ether oxygens (including phenoxy) is 2. The van der Waals surface area contributed by atoms with Gasteiger partial charge in [-0.25, -0.2) is 4.79 Å². The molecule has 0 unspecified atom stereocenters. The summed E-state index contributed by atoms with van der Waals surface area (Å²) in [7, 11) is 2.99. The number of aromatic carboxylic acids is 1. The normalized spacial score (nSPS) is 10.0. The second kappa shape index (κ2) is 6.83. The molecule has 23 heavy (non-hydrogen) atoms. The molecule has 0 heterocycles. The van der Waals surface area contributed by atoms with Crippen LogP contribution in [0.2, 0.25) is 0 Å². The standard InChI is InChI=1S/C17H17NO5/c1-10-4-5-11(17(20)21)8-15(10)18-16(19)12-6-13(22-2)9-14(7-12)23-3/h4-9H,1-3H3,(H,18,19)(H,20,21). The highest BCUT2D eigenvalue weighted by molar-refractivity contribution is 6.05. The number of aryl methyl sites for hydroxylation is 1. The molecule has 0 aromatic heterocycles. The summed E-state index contributed by atoms with van der Waals surface area (Å²) in [6.45, 7) is 1.79. The van der Waals surface area contributed by atoms with E-state index in [1.807, 2.05) is 0 Å². The molecule has 2 aromatic rings. The van der Waals surface area contributed by atoms with Crippen molar-refractivity contribution in [1.29, 1.82) is 0 Å². The molecule has 120 valence electrons. The maximum Gasteiger partial charge on any atom is 0.335 e. The Morgan fingerprint density at radius 1 is 0.957 bits per heavy atom. The highest BCUT2D eigenvalue weighted by Crippen LogP contribution is 2.24. The molecular formula is C17H17NO5. The number of carbonyl (C=O) groups excluding carboxylic acids is 1. The lowest BCUT2D eigenvalue weighted by atomic mass is 10.1. The van der Waals surface area contributed by atoms with Crippen molar-refractivity contribution < 1.29 is 24.2 Å². The molecule has 0 radical (unpaired) electrons. The Morgan fingerprint density at radius 2 is 1.57 bits per heavy atom. The fourth-order valence-corrected chi connectivity index (χ4v) is 2.02. The minimum atomic E-state index is -1.05. The van der Waals surface area contributed by atoms with Crippen molar-refractivity contribution in [1.82, 2.24) is 0 Å². The predicted octanol–water partition coefficient (Wildman–Crippen LogP) is 2.96. The quantitative estimate of drug-likeness (QED) is 0.886. The minimum Gasteiger partial charge on any atom is -0.497 e. The van der Waals surface area contributed by atoms with E-state index in [2.05, 4.69) is 5.32 Å². The van der Waals surface area contributed by atoms with Gasteiger partial charge in [-0.3, -0.25) is 4.79 Å². The molecule has 0 atom stereocenters. The number of carbonyl (C=O) groups is 2. The summed E-state index contributed by atoms with van der Waals surface area (Å²) >= 11 is 0. The number of rotatable bonds is 5. The number of nitrogens with one attached hydrogen (secondary N) is 1. The van der Waals surface area contributed by atoms with Crippen molar-refractivity contribution >= 4 is 17.6 Å². The van der Waals surface area contributed by atoms with Crippen molar-refractivity contribution in [3.05, 3.63) is 53.1 Å². The van der Waals surface area contributed by atoms with Crippen LogP contribution in [0.25, 0.3) is 0 Å². The van der Waals surface area contributed by atoms with Gasteiger partial charge >= 0.3 is 5.97 Å². The molecule has 0 saturated heterocycles. The van der Waals surface area contributed by atoms with Gasteiger partial charge in [0, 0.05) is 17.3 Å². The van der Waals surface area contributed by atoms with E-state index in [1.54, 1.807) is 31.2 Å². The van der Waals surface area contributed by atoms with Gasteiger partial charge in [0.15, 0.2) is 0 Å². The Morgan fingerprint density at radius 3 is 2.09 bits per heavy atom. The van der Waals surface area contributed by atoms with Gasteiger partial charge in [0.25, 0.3) is 5.91 Å². The van der Waals surface area contributed by atoms with E-state index in [4.69, 9.17) is 14.6 Å². The molecule has 0 aliphatic carbocycles. The van der Waals surface area contributed by atoms with Gasteiger partial charge in [-0.05, 0) is 36.8 Å². The first kappa shape index (κ1) is 16.4. The van der Waals surface area contributed by atoms with Gasteiger partial charge in [-0.15, -0.1) is 0 Å². The zero-order valence-corrected chi connectivity index (χ0v) is 13.0. The van der Waals surface area contributed by atoms with E-state index in [0.717, 1.165) is 5.56 Å². The van der Waals surface area contributed by atoms with Crippen LogP contribution >= 0.6 is 0 Å². The van der Waals surface area contributed by atoms with Crippen LogP contribution in [-0.2, 0) is 0 Å². The molecule has 1 amide bonds. The van der Waals surface area contributed by atoms with Crippen LogP contribution in [0, 0.1) is 6.92 Å². The molecule has 0 aliphatic heterocycles. The molecule has 0 saturated carbocycles. The Labute approximate surface area is 133 Å². The number of amides is 1. The van der Waals surface area contributed by atoms with Crippen molar-refractivity contribution in [3.63, 3.8) is 0 Å². The fourth-order valence-electron chi connectivity index (χ4n) is 2.02. The van der Waals surface area contributed by atoms with Crippen LogP contribution in [0.15, 0.2) is 36.4 Å². The summed E-state index contributed by atoms with van der Waals surface area (Å²) < 4.78 is 10.3. The van der Waals surface area contributed by atoms with E-state index in [1.165, 1.54) is 26.4 Å². The maximum atomic E-state index is 12.4. The lowest BCUT2D eigenvalue weighted by Crippen LogP contribution is -2.13. The zero-order chi connectivity index (χ0) is 17.0. The number of benzene rings is 2. The number of methoxy groups -OCH3 is 2. The number of anilines is 1. The molecule has 2 aromatic carbocycles. The van der Waals surface area contributed by atoms with Crippen LogP contribution in [0.3, 0.4) is 0 Å². The molecule has 0 aliphatic rings. The Balaban J connectivity index is 2.32. The van der Waals surface area contributed by atoms with E-state index in [-0.39, 0.29) is 11.5 Å². The number of hydrogen-bond donors (Lipinski definition) is 2. The highest BCUT2D eigenvalue weighted by atomic mass is 16.5. The Hall–Kier alpha value is -3.02. The van der Waals surface area contributed by atoms with Crippen LogP contribution in [0.1, 0.15) is 26.3 Å². The molecule has 6 nitrogen and oxygen atoms in total. The van der Waals surface area contributed by atoms with Crippen LogP contribution in [-0.4, -0.2) is 31.2 Å². The largest absolute Gasteiger partial charge is 0.497 e. The second-order valence-corrected chi connectivity index (χ2v) is 4.89. The van der Waals surface area contributed by atoms with Crippen molar-refractivity contribution in [3.8, 4) is 11.5 Å². The maximum absolute atomic E-state index is 12.4. The molecule has 0 fully saturated rings. The molecular weight excluding hydrogens is 298 g/mol. The van der Waals surface area contributed by atoms with Crippen LogP contribution in [0.4, 0.5) is 5.69 Å². The van der Waals surface area contributed by atoms with Crippen molar-refractivity contribution in [2.45, 2.75) is 6.92 Å². The third-order valence-corrected chi connectivity index (χ3v) is 3.35. The molecule has 2 rings (SSSR count). The first-order chi connectivity index (χ1) is 10.9. The fraction of sp³-hybridized carbons (Fsp3) is 0.176. The first-order valence-corrected chi connectivity index (χ1v) is 6.83. The van der Waals surface area contributed by atoms with Gasteiger partial charge in [-0.1, -0.05) is 6.07 Å². The first-order valence-electron chi connectivity index (χ1n) is 6.83. The summed E-state index contributed by atoms with van der Waals surface area (Å²) in [5.74, 6) is -0.451. The lowest BCUT2D eigenvalue weighted by molar-refractivity contribution is 0.0696. The summed E-state index contributed by atoms with van der Waals surface area (Å²) in [6.07, 6.45) is 0. The molecule has 2 N–H and O–H groups in total. The number of carboxylic acid groups (broad SMARTS) is 1. The third kappa shape index (κ3) is 3.79. The van der Waals surface area contributed by atoms with Crippen LogP contribution < -0.4 is 14.8 Å². The van der Waals surface area contributed by atoms with Gasteiger partial charge in [-0.2, -0.15) is 0 Å². The topological polar surface area (TPSA) is 84.9 Å². The average Bonchev–Trinajstić information content (AvgIpc) is 2.55. The SMILES string of the molecule is COc1cc(OC)cc(C(=O)Nc2cc(C(=O)O)ccc2C)c1. The van der Waals surface area contributed by atoms with E-state index >= 15 is 0 Å². The van der Waals surface area contributed by atoms with E-state index in [9.17, 15) is 9.59 Å². The summed E-state index contributed by atoms with van der Waals surface area (Å²) in [6, 6.07) is 9.37. The summed E-state index contributed by atoms with van der Waals surface area (Å²) in [5.41, 5.74) is 1.66. The highest BCUT2D eigenvalue weighted by Gasteiger charge is 2.13. The minimum absolute atomic E-state index is 0.106. The molecule has 0 bridgehead atoms. The molecule has 0 spiro atoms. The Bertz CT molecular complexity index is 732. The Kier molecular flexibility index (Phi) is 4.85. The van der Waals surface area contributed by atoms with Crippen molar-refractivity contribution in [2.75, 3.05) is 19.5 Å². The van der Waals surface area contributed by atoms with E-state index < -0.39 is 5.97 Å². The second-order valence-electron chi connectivity index (χ2n) is 4.89. The number of carboxylic acids is 1. The molecule has 6 heteroatoms. The van der Waals surface area contributed by atoms with Crippen LogP contribution in [0.5, 0.6) is 11.5 Å². The smallest absolute Gasteiger partial charge is 0.335 e. The monoisotopic (exact) mass is 315 g/mol. The number of hydrogen-bond acceptors (Lipinski definition) is 4. The lowest BCUT2D eigenvalue weighted by Gasteiger charge is -2.11. The zero-order valence-electron chi connectivity index (χ0n) is 13.0.